The third kappa shape index (κ3) is 4.34. The molecule has 0 aliphatic rings. The predicted molar refractivity (Wildman–Crippen MR) is 102 cm³/mol. The van der Waals surface area contributed by atoms with Crippen LogP contribution in [0.25, 0.3) is 11.8 Å². The van der Waals surface area contributed by atoms with Crippen LogP contribution in [-0.4, -0.2) is 19.8 Å². The zero-order valence-corrected chi connectivity index (χ0v) is 16.2. The Kier molecular flexibility index (Phi) is 5.78. The maximum Gasteiger partial charge on any atom is 0.419 e. The van der Waals surface area contributed by atoms with Gasteiger partial charge in [-0.25, -0.2) is 4.79 Å². The fraction of sp³-hybridized carbons (Fsp3) is 0.211. The van der Waals surface area contributed by atoms with Gasteiger partial charge in [0, 0.05) is 17.6 Å². The Morgan fingerprint density at radius 3 is 2.59 bits per heavy atom. The van der Waals surface area contributed by atoms with Crippen molar-refractivity contribution >= 4 is 17.7 Å². The molecule has 3 rings (SSSR count). The average molecular weight is 425 g/mol. The van der Waals surface area contributed by atoms with E-state index in [4.69, 9.17) is 16.3 Å². The second-order valence-corrected chi connectivity index (χ2v) is 6.51. The van der Waals surface area contributed by atoms with Gasteiger partial charge < -0.3 is 4.74 Å². The molecule has 0 radical (unpaired) electrons. The number of halogens is 4. The van der Waals surface area contributed by atoms with Crippen molar-refractivity contribution in [1.29, 1.82) is 0 Å². The molecule has 29 heavy (non-hydrogen) atoms. The van der Waals surface area contributed by atoms with E-state index in [0.717, 1.165) is 27.6 Å². The molecule has 1 aromatic heterocycles. The quantitative estimate of drug-likeness (QED) is 0.614. The van der Waals surface area contributed by atoms with Crippen LogP contribution in [0.15, 0.2) is 47.3 Å². The number of tetrazole rings is 1. The molecule has 0 bridgehead atoms. The van der Waals surface area contributed by atoms with Crippen molar-refractivity contribution in [3.05, 3.63) is 74.7 Å². The molecule has 0 aliphatic carbocycles. The highest BCUT2D eigenvalue weighted by molar-refractivity contribution is 6.30. The Bertz CT molecular complexity index is 1120. The Morgan fingerprint density at radius 1 is 1.21 bits per heavy atom. The summed E-state index contributed by atoms with van der Waals surface area (Å²) in [7, 11) is 1.44. The van der Waals surface area contributed by atoms with E-state index in [1.807, 2.05) is 0 Å². The van der Waals surface area contributed by atoms with Crippen LogP contribution in [0.2, 0.25) is 5.02 Å². The fourth-order valence-corrected chi connectivity index (χ4v) is 2.91. The molecule has 0 N–H and O–H groups in total. The molecule has 0 atom stereocenters. The zero-order valence-electron chi connectivity index (χ0n) is 15.4. The number of aromatic nitrogens is 4. The van der Waals surface area contributed by atoms with E-state index in [1.54, 1.807) is 37.3 Å². The molecule has 10 heteroatoms. The van der Waals surface area contributed by atoms with Crippen molar-refractivity contribution in [2.45, 2.75) is 19.7 Å². The summed E-state index contributed by atoms with van der Waals surface area (Å²) in [6, 6.07) is 8.20. The summed E-state index contributed by atoms with van der Waals surface area (Å²) in [6.45, 7) is 1.55. The maximum atomic E-state index is 13.3. The van der Waals surface area contributed by atoms with Crippen LogP contribution >= 0.6 is 11.6 Å². The van der Waals surface area contributed by atoms with Crippen LogP contribution in [0.1, 0.15) is 23.6 Å². The lowest BCUT2D eigenvalue weighted by atomic mass is 10.1. The number of allylic oxidation sites excluding steroid dienone is 1. The van der Waals surface area contributed by atoms with Gasteiger partial charge in [-0.2, -0.15) is 22.5 Å². The van der Waals surface area contributed by atoms with Crippen molar-refractivity contribution in [3.63, 3.8) is 0 Å². The lowest BCUT2D eigenvalue weighted by molar-refractivity contribution is -0.139. The van der Waals surface area contributed by atoms with Gasteiger partial charge >= 0.3 is 11.9 Å². The standard InChI is InChI=1S/C19H16ClF3N4O2/c1-3-5-12-6-4-7-16(27-18(28)26(2)24-25-27)14(12)11-29-17-10-13(20)8-9-15(17)19(21,22)23/h3-10H,11H2,1-2H3/b5-3+. The Morgan fingerprint density at radius 2 is 1.97 bits per heavy atom. The first-order valence-electron chi connectivity index (χ1n) is 8.46. The van der Waals surface area contributed by atoms with Gasteiger partial charge in [0.15, 0.2) is 0 Å². The summed E-state index contributed by atoms with van der Waals surface area (Å²) in [4.78, 5) is 12.3. The van der Waals surface area contributed by atoms with Crippen LogP contribution < -0.4 is 10.4 Å². The molecular formula is C19H16ClF3N4O2. The van der Waals surface area contributed by atoms with Crippen LogP contribution in [0.3, 0.4) is 0 Å². The van der Waals surface area contributed by atoms with Gasteiger partial charge in [-0.15, -0.1) is 0 Å². The molecule has 0 amide bonds. The second kappa shape index (κ2) is 8.12. The Labute approximate surface area is 168 Å². The summed E-state index contributed by atoms with van der Waals surface area (Å²) >= 11 is 5.86. The van der Waals surface area contributed by atoms with Gasteiger partial charge in [-0.05, 0) is 47.2 Å². The summed E-state index contributed by atoms with van der Waals surface area (Å²) in [5.41, 5.74) is 0.0555. The van der Waals surface area contributed by atoms with Crippen molar-refractivity contribution in [3.8, 4) is 11.4 Å². The Hall–Kier alpha value is -3.07. The molecule has 0 saturated heterocycles. The summed E-state index contributed by atoms with van der Waals surface area (Å²) in [6.07, 6.45) is -1.08. The van der Waals surface area contributed by atoms with E-state index in [0.29, 0.717) is 16.8 Å². The molecule has 0 aliphatic heterocycles. The van der Waals surface area contributed by atoms with E-state index in [2.05, 4.69) is 10.4 Å². The third-order valence-corrected chi connectivity index (χ3v) is 4.34. The van der Waals surface area contributed by atoms with Gasteiger partial charge in [0.2, 0.25) is 0 Å². The minimum atomic E-state index is -4.60. The van der Waals surface area contributed by atoms with Crippen LogP contribution in [0.5, 0.6) is 5.75 Å². The normalized spacial score (nSPS) is 11.9. The molecular weight excluding hydrogens is 409 g/mol. The third-order valence-electron chi connectivity index (χ3n) is 4.10. The number of ether oxygens (including phenoxy) is 1. The average Bonchev–Trinajstić information content (AvgIpc) is 2.98. The molecule has 0 fully saturated rings. The van der Waals surface area contributed by atoms with Gasteiger partial charge in [0.1, 0.15) is 12.4 Å². The molecule has 0 spiro atoms. The van der Waals surface area contributed by atoms with Gasteiger partial charge in [-0.3, -0.25) is 0 Å². The highest BCUT2D eigenvalue weighted by atomic mass is 35.5. The van der Waals surface area contributed by atoms with E-state index < -0.39 is 23.2 Å². The highest BCUT2D eigenvalue weighted by Crippen LogP contribution is 2.38. The molecule has 2 aromatic carbocycles. The number of hydrogen-bond acceptors (Lipinski definition) is 4. The maximum absolute atomic E-state index is 13.3. The summed E-state index contributed by atoms with van der Waals surface area (Å²) in [5, 5.41) is 7.60. The number of rotatable bonds is 5. The van der Waals surface area contributed by atoms with E-state index in [-0.39, 0.29) is 11.6 Å². The first-order chi connectivity index (χ1) is 13.7. The Balaban J connectivity index is 2.07. The van der Waals surface area contributed by atoms with Gasteiger partial charge in [0.05, 0.1) is 11.3 Å². The number of aryl methyl sites for hydroxylation is 1. The van der Waals surface area contributed by atoms with Crippen molar-refractivity contribution in [2.75, 3.05) is 0 Å². The summed E-state index contributed by atoms with van der Waals surface area (Å²) < 4.78 is 47.5. The van der Waals surface area contributed by atoms with Crippen molar-refractivity contribution < 1.29 is 17.9 Å². The van der Waals surface area contributed by atoms with E-state index >= 15 is 0 Å². The zero-order chi connectivity index (χ0) is 21.2. The highest BCUT2D eigenvalue weighted by Gasteiger charge is 2.34. The van der Waals surface area contributed by atoms with Crippen LogP contribution in [-0.2, 0) is 19.8 Å². The minimum absolute atomic E-state index is 0.111. The van der Waals surface area contributed by atoms with Crippen LogP contribution in [0.4, 0.5) is 13.2 Å². The van der Waals surface area contributed by atoms with Crippen molar-refractivity contribution in [1.82, 2.24) is 19.8 Å². The number of benzene rings is 2. The number of hydrogen-bond donors (Lipinski definition) is 0. The topological polar surface area (TPSA) is 61.9 Å². The lowest BCUT2D eigenvalue weighted by Gasteiger charge is -2.17. The van der Waals surface area contributed by atoms with Gasteiger partial charge in [0.25, 0.3) is 0 Å². The first kappa shape index (κ1) is 20.7. The van der Waals surface area contributed by atoms with Crippen molar-refractivity contribution in [2.24, 2.45) is 7.05 Å². The summed E-state index contributed by atoms with van der Waals surface area (Å²) in [5.74, 6) is -0.405. The molecule has 152 valence electrons. The molecule has 3 aromatic rings. The number of alkyl halides is 3. The molecule has 1 heterocycles. The smallest absolute Gasteiger partial charge is 0.419 e. The lowest BCUT2D eigenvalue weighted by Crippen LogP contribution is -2.23. The fourth-order valence-electron chi connectivity index (χ4n) is 2.75. The minimum Gasteiger partial charge on any atom is -0.488 e. The molecule has 0 unspecified atom stereocenters. The monoisotopic (exact) mass is 424 g/mol. The van der Waals surface area contributed by atoms with Gasteiger partial charge in [-0.1, -0.05) is 35.9 Å². The van der Waals surface area contributed by atoms with E-state index in [1.165, 1.54) is 7.05 Å². The largest absolute Gasteiger partial charge is 0.488 e. The van der Waals surface area contributed by atoms with E-state index in [9.17, 15) is 18.0 Å². The molecule has 6 nitrogen and oxygen atoms in total. The molecule has 0 saturated carbocycles. The van der Waals surface area contributed by atoms with Crippen LogP contribution in [0, 0.1) is 0 Å². The first-order valence-corrected chi connectivity index (χ1v) is 8.83. The second-order valence-electron chi connectivity index (χ2n) is 6.07. The SMILES string of the molecule is C/C=C/c1cccc(-n2nnn(C)c2=O)c1COc1cc(Cl)ccc1C(F)(F)F. The predicted octanol–water partition coefficient (Wildman–Crippen LogP) is 4.25. The number of nitrogens with zero attached hydrogens (tertiary/aromatic N) is 4.